The van der Waals surface area contributed by atoms with Crippen LogP contribution in [0.4, 0.5) is 0 Å². The summed E-state index contributed by atoms with van der Waals surface area (Å²) >= 11 is 6.52. The van der Waals surface area contributed by atoms with Gasteiger partial charge in [-0.05, 0) is 95.5 Å². The maximum Gasteiger partial charge on any atom is 0.329 e. The number of nitrogens with zero attached hydrogens (tertiary/aromatic N) is 1. The molecule has 2 bridgehead atoms. The molecule has 13 heteroatoms. The Hall–Kier alpha value is -2.19. The van der Waals surface area contributed by atoms with Crippen LogP contribution in [-0.2, 0) is 42.9 Å². The summed E-state index contributed by atoms with van der Waals surface area (Å²) in [5.41, 5.74) is 1.71. The molecule has 0 radical (unpaired) electrons. The molecule has 56 heavy (non-hydrogen) atoms. The van der Waals surface area contributed by atoms with E-state index in [1.807, 2.05) is 32.9 Å². The minimum absolute atomic E-state index is 0.0425. The molecular weight excluding hydrogens is 742 g/mol. The normalized spacial score (nSPS) is 40.6. The highest BCUT2D eigenvalue weighted by molar-refractivity contribution is 6.39. The van der Waals surface area contributed by atoms with Crippen molar-refractivity contribution in [2.75, 3.05) is 27.9 Å². The number of carbonyl (C=O) groups is 4. The van der Waals surface area contributed by atoms with Gasteiger partial charge in [0, 0.05) is 52.0 Å². The lowest BCUT2D eigenvalue weighted by molar-refractivity contribution is -0.302. The molecule has 4 rings (SSSR count). The number of rotatable bonds is 6. The minimum Gasteiger partial charge on any atom is -0.456 e. The van der Waals surface area contributed by atoms with Crippen LogP contribution in [0.15, 0.2) is 23.3 Å². The van der Waals surface area contributed by atoms with Gasteiger partial charge in [-0.2, -0.15) is 0 Å². The monoisotopic (exact) mass is 809 g/mol. The SMILES string of the molecule is CC[C@H]1C=C(C)C[C@@H](C)C[C@H](OC)[C@H]2O[C@@](O)(C(=O)C(=O)N3CCCCC3C(=O)O[C@H](C(C)=C[C@@H]3CC[C@H](Cl)[C@H](OC)C3)[C@H](C)[C@@H](O)CC1=O)[C@H](C)C[C@@H]2OC. The largest absolute Gasteiger partial charge is 0.456 e. The summed E-state index contributed by atoms with van der Waals surface area (Å²) in [6.07, 6.45) is 5.16. The second-order valence-electron chi connectivity index (χ2n) is 17.1. The van der Waals surface area contributed by atoms with Crippen LogP contribution in [0.1, 0.15) is 112 Å². The molecule has 318 valence electrons. The number of alkyl halides is 1. The van der Waals surface area contributed by atoms with Gasteiger partial charge < -0.3 is 38.8 Å². The first-order valence-corrected chi connectivity index (χ1v) is 21.2. The second-order valence-corrected chi connectivity index (χ2v) is 17.7. The van der Waals surface area contributed by atoms with Crippen molar-refractivity contribution in [1.82, 2.24) is 4.90 Å². The highest BCUT2D eigenvalue weighted by atomic mass is 35.5. The minimum atomic E-state index is -2.49. The molecule has 1 unspecified atom stereocenters. The Morgan fingerprint density at radius 2 is 1.62 bits per heavy atom. The third-order valence-corrected chi connectivity index (χ3v) is 13.3. The zero-order valence-electron chi connectivity index (χ0n) is 35.0. The van der Waals surface area contributed by atoms with Crippen molar-refractivity contribution < 1.29 is 53.1 Å². The maximum absolute atomic E-state index is 14.3. The van der Waals surface area contributed by atoms with Gasteiger partial charge in [0.1, 0.15) is 24.0 Å². The molecule has 0 spiro atoms. The van der Waals surface area contributed by atoms with Gasteiger partial charge in [0.2, 0.25) is 5.79 Å². The van der Waals surface area contributed by atoms with E-state index in [0.717, 1.165) is 18.4 Å². The number of cyclic esters (lactones) is 1. The van der Waals surface area contributed by atoms with Crippen molar-refractivity contribution in [3.8, 4) is 0 Å². The van der Waals surface area contributed by atoms with Crippen LogP contribution in [0.5, 0.6) is 0 Å². The molecule has 1 saturated carbocycles. The molecule has 4 aliphatic rings. The summed E-state index contributed by atoms with van der Waals surface area (Å²) in [4.78, 5) is 57.7. The molecule has 12 nitrogen and oxygen atoms in total. The van der Waals surface area contributed by atoms with Crippen molar-refractivity contribution in [2.45, 2.75) is 166 Å². The number of halogens is 1. The molecule has 2 N–H and O–H groups in total. The number of esters is 1. The first-order chi connectivity index (χ1) is 26.5. The van der Waals surface area contributed by atoms with Crippen LogP contribution in [0, 0.1) is 29.6 Å². The number of aliphatic hydroxyl groups is 2. The summed E-state index contributed by atoms with van der Waals surface area (Å²) < 4.78 is 29.9. The maximum atomic E-state index is 14.3. The number of hydrogen-bond acceptors (Lipinski definition) is 11. The number of allylic oxidation sites excluding steroid dienone is 3. The van der Waals surface area contributed by atoms with E-state index in [2.05, 4.69) is 6.92 Å². The van der Waals surface area contributed by atoms with Crippen LogP contribution in [0.2, 0.25) is 0 Å². The number of amides is 1. The van der Waals surface area contributed by atoms with Crippen molar-refractivity contribution in [3.05, 3.63) is 23.3 Å². The smallest absolute Gasteiger partial charge is 0.329 e. The summed E-state index contributed by atoms with van der Waals surface area (Å²) in [7, 11) is 4.71. The Bertz CT molecular complexity index is 1440. The summed E-state index contributed by atoms with van der Waals surface area (Å²) in [5, 5.41) is 23.6. The molecule has 0 aromatic carbocycles. The van der Waals surface area contributed by atoms with E-state index in [1.54, 1.807) is 21.0 Å². The molecule has 3 heterocycles. The molecule has 1 amide bonds. The van der Waals surface area contributed by atoms with Crippen LogP contribution >= 0.6 is 11.6 Å². The van der Waals surface area contributed by atoms with Gasteiger partial charge in [0.25, 0.3) is 11.7 Å². The Labute approximate surface area is 339 Å². The van der Waals surface area contributed by atoms with Crippen molar-refractivity contribution in [1.29, 1.82) is 0 Å². The Kier molecular flexibility index (Phi) is 17.2. The average molecular weight is 810 g/mol. The quantitative estimate of drug-likeness (QED) is 0.146. The fourth-order valence-electron chi connectivity index (χ4n) is 9.36. The molecule has 0 aromatic heterocycles. The van der Waals surface area contributed by atoms with Gasteiger partial charge in [-0.25, -0.2) is 4.79 Å². The standard InChI is InChI=1S/C43H68ClNO11/c1-10-30-18-24(2)17-25(3)19-36(53-8)39-37(54-9)21-27(5)43(51,56-39)40(48)41(49)45-16-12-11-13-32(45)42(50)55-38(28(6)33(46)23-34(30)47)26(4)20-29-14-15-31(44)35(22-29)52-7/h18,20,25,27-33,35-39,46,51H,10-17,19,21-23H2,1-9H3/t25-,27-,28-,29+,30+,31+,32?,33+,35-,36+,37+,38-,39-,43-/m1/s1. The number of methoxy groups -OCH3 is 3. The Balaban J connectivity index is 1.76. The number of fused-ring (bicyclic) bond motifs is 3. The van der Waals surface area contributed by atoms with Crippen LogP contribution in [0.25, 0.3) is 0 Å². The lowest BCUT2D eigenvalue weighted by Gasteiger charge is -2.47. The Morgan fingerprint density at radius 3 is 2.27 bits per heavy atom. The van der Waals surface area contributed by atoms with Crippen LogP contribution in [-0.4, -0.2) is 120 Å². The fourth-order valence-corrected chi connectivity index (χ4v) is 9.69. The van der Waals surface area contributed by atoms with Gasteiger partial charge in [0.05, 0.1) is 29.8 Å². The molecule has 3 aliphatic heterocycles. The summed E-state index contributed by atoms with van der Waals surface area (Å²) in [5.74, 6) is -7.31. The molecular formula is C43H68ClNO11. The number of Topliss-reactive ketones (excluding diaryl/α,β-unsaturated/α-hetero) is 2. The lowest BCUT2D eigenvalue weighted by Crippen LogP contribution is -2.64. The zero-order valence-corrected chi connectivity index (χ0v) is 35.8. The molecule has 2 saturated heterocycles. The Morgan fingerprint density at radius 1 is 0.964 bits per heavy atom. The van der Waals surface area contributed by atoms with E-state index in [4.69, 9.17) is 35.3 Å². The zero-order chi connectivity index (χ0) is 41.5. The second kappa shape index (κ2) is 20.7. The van der Waals surface area contributed by atoms with Gasteiger partial charge in [-0.1, -0.05) is 45.4 Å². The molecule has 1 aliphatic carbocycles. The fraction of sp³-hybridized carbons (Fsp3) is 0.814. The van der Waals surface area contributed by atoms with E-state index >= 15 is 0 Å². The van der Waals surface area contributed by atoms with Gasteiger partial charge >= 0.3 is 5.97 Å². The number of aliphatic hydroxyl groups excluding tert-OH is 1. The van der Waals surface area contributed by atoms with Crippen LogP contribution < -0.4 is 0 Å². The predicted molar refractivity (Wildman–Crippen MR) is 212 cm³/mol. The van der Waals surface area contributed by atoms with E-state index in [9.17, 15) is 29.4 Å². The van der Waals surface area contributed by atoms with E-state index in [0.29, 0.717) is 44.1 Å². The first-order valence-electron chi connectivity index (χ1n) is 20.7. The van der Waals surface area contributed by atoms with Crippen molar-refractivity contribution >= 4 is 35.0 Å². The topological polar surface area (TPSA) is 158 Å². The third-order valence-electron chi connectivity index (χ3n) is 12.8. The lowest BCUT2D eigenvalue weighted by atomic mass is 9.82. The third kappa shape index (κ3) is 10.9. The average Bonchev–Trinajstić information content (AvgIpc) is 3.18. The number of ether oxygens (including phenoxy) is 5. The van der Waals surface area contributed by atoms with Crippen LogP contribution in [0.3, 0.4) is 0 Å². The summed E-state index contributed by atoms with van der Waals surface area (Å²) in [6.45, 7) is 11.3. The molecule has 14 atom stereocenters. The van der Waals surface area contributed by atoms with Crippen molar-refractivity contribution in [3.63, 3.8) is 0 Å². The highest BCUT2D eigenvalue weighted by Gasteiger charge is 2.56. The highest BCUT2D eigenvalue weighted by Crippen LogP contribution is 2.39. The van der Waals surface area contributed by atoms with E-state index < -0.39 is 77.8 Å². The van der Waals surface area contributed by atoms with Gasteiger partial charge in [-0.15, -0.1) is 11.6 Å². The number of ketones is 2. The number of carbonyl (C=O) groups excluding carboxylic acids is 4. The van der Waals surface area contributed by atoms with Crippen molar-refractivity contribution in [2.24, 2.45) is 29.6 Å². The molecule has 0 aromatic rings. The summed E-state index contributed by atoms with van der Waals surface area (Å²) in [6, 6.07) is -1.12. The van der Waals surface area contributed by atoms with Gasteiger partial charge in [-0.3, -0.25) is 14.4 Å². The number of piperidine rings is 1. The van der Waals surface area contributed by atoms with Gasteiger partial charge in [0.15, 0.2) is 0 Å². The van der Waals surface area contributed by atoms with E-state index in [1.165, 1.54) is 19.1 Å². The first kappa shape index (κ1) is 46.5. The van der Waals surface area contributed by atoms with E-state index in [-0.39, 0.29) is 54.9 Å². The number of hydrogen-bond donors (Lipinski definition) is 2. The predicted octanol–water partition coefficient (Wildman–Crippen LogP) is 5.72. The molecule has 3 fully saturated rings.